The lowest BCUT2D eigenvalue weighted by Crippen LogP contribution is -2.22. The maximum absolute atomic E-state index is 15.2. The van der Waals surface area contributed by atoms with Gasteiger partial charge in [0.2, 0.25) is 17.5 Å². The molecule has 6 aromatic rings. The minimum absolute atomic E-state index is 0.0995. The third-order valence-electron chi connectivity index (χ3n) is 8.71. The molecule has 2 N–H and O–H groups in total. The highest BCUT2D eigenvalue weighted by Crippen LogP contribution is 2.51. The number of hydrogen-bond acceptors (Lipinski definition) is 5. The summed E-state index contributed by atoms with van der Waals surface area (Å²) >= 11 is 0. The van der Waals surface area contributed by atoms with Crippen LogP contribution in [0.5, 0.6) is 5.75 Å². The van der Waals surface area contributed by atoms with Crippen LogP contribution >= 0.6 is 0 Å². The molecule has 0 saturated carbocycles. The van der Waals surface area contributed by atoms with Gasteiger partial charge in [-0.2, -0.15) is 0 Å². The molecule has 0 aliphatic carbocycles. The first-order chi connectivity index (χ1) is 29.5. The molecule has 0 aromatic heterocycles. The molecule has 6 rings (SSSR count). The fourth-order valence-electron chi connectivity index (χ4n) is 5.75. The van der Waals surface area contributed by atoms with Crippen molar-refractivity contribution in [3.05, 3.63) is 166 Å². The van der Waals surface area contributed by atoms with E-state index in [4.69, 9.17) is 0 Å². The van der Waals surface area contributed by atoms with Crippen molar-refractivity contribution in [1.29, 1.82) is 0 Å². The van der Waals surface area contributed by atoms with Crippen LogP contribution < -0.4 is 14.5 Å². The lowest BCUT2D eigenvalue weighted by Gasteiger charge is -2.24. The summed E-state index contributed by atoms with van der Waals surface area (Å²) < 4.78 is 222. The molecule has 332 valence electrons. The Morgan fingerprint density at radius 1 is 0.429 bits per heavy atom. The monoisotopic (exact) mass is 904 g/mol. The zero-order valence-electron chi connectivity index (χ0n) is 32.6. The van der Waals surface area contributed by atoms with Gasteiger partial charge in [-0.25, -0.2) is 65.9 Å². The van der Waals surface area contributed by atoms with E-state index in [0.29, 0.717) is 0 Å². The van der Waals surface area contributed by atoms with Gasteiger partial charge >= 0.3 is 7.32 Å². The fourth-order valence-corrected chi connectivity index (χ4v) is 5.75. The first-order valence-electron chi connectivity index (χ1n) is 17.4. The van der Waals surface area contributed by atoms with Gasteiger partial charge in [-0.15, -0.1) is 0 Å². The van der Waals surface area contributed by atoms with Crippen molar-refractivity contribution in [2.45, 2.75) is 0 Å². The van der Waals surface area contributed by atoms with E-state index >= 15 is 17.6 Å². The van der Waals surface area contributed by atoms with Crippen molar-refractivity contribution >= 4 is 24.8 Å². The van der Waals surface area contributed by atoms with Crippen LogP contribution in [0.1, 0.15) is 5.56 Å². The van der Waals surface area contributed by atoms with E-state index in [0.717, 1.165) is 0 Å². The number of rotatable bonds is 8. The summed E-state index contributed by atoms with van der Waals surface area (Å²) in [5.41, 5.74) is -11.4. The highest BCUT2D eigenvalue weighted by molar-refractivity contribution is 6.34. The Hall–Kier alpha value is -6.61. The van der Waals surface area contributed by atoms with Gasteiger partial charge in [0.05, 0.1) is 16.7 Å². The molecule has 0 spiro atoms. The van der Waals surface area contributed by atoms with Gasteiger partial charge in [0, 0.05) is 50.7 Å². The number of anilines is 2. The van der Waals surface area contributed by atoms with E-state index in [1.165, 1.54) is 11.4 Å². The van der Waals surface area contributed by atoms with Crippen molar-refractivity contribution in [2.24, 2.45) is 0 Å². The Balaban J connectivity index is 0.000000396. The molecule has 0 heterocycles. The molecule has 0 saturated heterocycles. The molecule has 6 aromatic carbocycles. The van der Waals surface area contributed by atoms with Crippen molar-refractivity contribution in [2.75, 3.05) is 38.0 Å². The van der Waals surface area contributed by atoms with Gasteiger partial charge in [-0.3, -0.25) is 0 Å². The molecule has 0 fully saturated rings. The van der Waals surface area contributed by atoms with Gasteiger partial charge in [0.1, 0.15) is 5.75 Å². The first kappa shape index (κ1) is 49.1. The third-order valence-corrected chi connectivity index (χ3v) is 8.71. The molecule has 0 aliphatic rings. The van der Waals surface area contributed by atoms with Gasteiger partial charge in [-0.1, -0.05) is 49.1 Å². The van der Waals surface area contributed by atoms with E-state index in [-0.39, 0.29) is 12.1 Å². The zero-order chi connectivity index (χ0) is 47.4. The Morgan fingerprint density at radius 2 is 0.714 bits per heavy atom. The van der Waals surface area contributed by atoms with E-state index in [9.17, 15) is 58.3 Å². The summed E-state index contributed by atoms with van der Waals surface area (Å²) in [4.78, 5) is 4.17. The van der Waals surface area contributed by atoms with Crippen LogP contribution in [0.15, 0.2) is 73.3 Å². The SMILES string of the molecule is C=Cc1c(-c2c(F)c(F)c(F)c(F)c2F)cc(OB(O)O)c(-c2c(F)c(F)c(F)c(F)c2F)c1-c1c(F)c(F)c(F)c(F)c1F.CN(C)c1ccccc1.CN(C)c1ccccc1. The van der Waals surface area contributed by atoms with Crippen molar-refractivity contribution in [3.8, 4) is 39.1 Å². The standard InChI is InChI=1S/C26H6BF15O3.2C8H11N/c1-2-4-5(8-12(28)18(34)24(40)19(35)13(8)29)3-6(45-27(43)44)9(11-16(32)22(38)26(42)23(39)17(11)33)7(4)10-14(30)20(36)25(41)21(37)15(10)31;2*1-9(2)8-6-4-3-5-7-8/h2-3,43-44H,1H2;2*3-7H,1-2H3. The van der Waals surface area contributed by atoms with E-state index in [2.05, 4.69) is 45.3 Å². The number of benzene rings is 6. The Bertz CT molecular complexity index is 2540. The average Bonchev–Trinajstić information content (AvgIpc) is 3.26. The molecule has 0 unspecified atom stereocenters. The Kier molecular flexibility index (Phi) is 15.6. The van der Waals surface area contributed by atoms with Crippen molar-refractivity contribution < 1.29 is 80.6 Å². The van der Waals surface area contributed by atoms with Crippen LogP contribution in [-0.4, -0.2) is 45.6 Å². The summed E-state index contributed by atoms with van der Waals surface area (Å²) in [6.07, 6.45) is 0.134. The van der Waals surface area contributed by atoms with Gasteiger partial charge in [-0.05, 0) is 41.5 Å². The third kappa shape index (κ3) is 9.73. The molecular weight excluding hydrogens is 876 g/mol. The summed E-state index contributed by atoms with van der Waals surface area (Å²) in [6.45, 7) is 3.02. The minimum Gasteiger partial charge on any atom is -0.511 e. The quantitative estimate of drug-likeness (QED) is 0.0690. The van der Waals surface area contributed by atoms with Crippen LogP contribution in [0.4, 0.5) is 77.2 Å². The lowest BCUT2D eigenvalue weighted by molar-refractivity contribution is 0.288. The molecule has 63 heavy (non-hydrogen) atoms. The zero-order valence-corrected chi connectivity index (χ0v) is 32.6. The molecule has 0 aliphatic heterocycles. The van der Waals surface area contributed by atoms with Crippen molar-refractivity contribution in [3.63, 3.8) is 0 Å². The Labute approximate surface area is 348 Å². The molecule has 0 radical (unpaired) electrons. The second-order valence-electron chi connectivity index (χ2n) is 13.0. The molecular formula is C42H28BF15N2O3. The van der Waals surface area contributed by atoms with E-state index < -0.39 is 139 Å². The summed E-state index contributed by atoms with van der Waals surface area (Å²) in [7, 11) is 4.86. The number of nitrogens with zero attached hydrogens (tertiary/aromatic N) is 2. The molecule has 0 atom stereocenters. The predicted octanol–water partition coefficient (Wildman–Crippen LogP) is 11.3. The minimum atomic E-state index is -3.28. The molecule has 0 amide bonds. The highest BCUT2D eigenvalue weighted by atomic mass is 19.2. The van der Waals surface area contributed by atoms with Crippen LogP contribution in [-0.2, 0) is 0 Å². The second-order valence-corrected chi connectivity index (χ2v) is 13.0. The first-order valence-corrected chi connectivity index (χ1v) is 17.4. The molecule has 21 heteroatoms. The van der Waals surface area contributed by atoms with Crippen LogP contribution in [0.2, 0.25) is 0 Å². The average molecular weight is 904 g/mol. The fraction of sp³-hybridized carbons (Fsp3) is 0.0952. The highest BCUT2D eigenvalue weighted by Gasteiger charge is 2.38. The predicted molar refractivity (Wildman–Crippen MR) is 205 cm³/mol. The van der Waals surface area contributed by atoms with Crippen LogP contribution in [0.3, 0.4) is 0 Å². The van der Waals surface area contributed by atoms with Crippen molar-refractivity contribution in [1.82, 2.24) is 0 Å². The van der Waals surface area contributed by atoms with E-state index in [1.54, 1.807) is 0 Å². The largest absolute Gasteiger partial charge is 0.707 e. The molecule has 0 bridgehead atoms. The second kappa shape index (κ2) is 20.1. The Morgan fingerprint density at radius 3 is 0.984 bits per heavy atom. The van der Waals surface area contributed by atoms with Gasteiger partial charge in [0.15, 0.2) is 69.8 Å². The normalized spacial score (nSPS) is 10.7. The maximum atomic E-state index is 15.2. The summed E-state index contributed by atoms with van der Waals surface area (Å²) in [5, 5.41) is 18.7. The summed E-state index contributed by atoms with van der Waals surface area (Å²) in [6, 6.07) is 20.4. The van der Waals surface area contributed by atoms with Gasteiger partial charge in [0.25, 0.3) is 0 Å². The van der Waals surface area contributed by atoms with Gasteiger partial charge < -0.3 is 24.5 Å². The topological polar surface area (TPSA) is 56.2 Å². The number of halogens is 15. The number of para-hydroxylation sites is 2. The smallest absolute Gasteiger partial charge is 0.511 e. The lowest BCUT2D eigenvalue weighted by atomic mass is 9.83. The molecule has 5 nitrogen and oxygen atoms in total. The van der Waals surface area contributed by atoms with E-state index in [1.807, 2.05) is 64.6 Å². The maximum Gasteiger partial charge on any atom is 0.707 e. The van der Waals surface area contributed by atoms with Crippen LogP contribution in [0.25, 0.3) is 39.5 Å². The van der Waals surface area contributed by atoms with Crippen LogP contribution in [0, 0.1) is 87.3 Å². The number of hydrogen-bond donors (Lipinski definition) is 2. The summed E-state index contributed by atoms with van der Waals surface area (Å²) in [5.74, 6) is -44.2.